The van der Waals surface area contributed by atoms with Crippen molar-refractivity contribution in [2.24, 2.45) is 4.99 Å². The quantitative estimate of drug-likeness (QED) is 0.364. The van der Waals surface area contributed by atoms with Crippen LogP contribution in [0.4, 0.5) is 5.69 Å². The zero-order valence-electron chi connectivity index (χ0n) is 12.4. The molecule has 0 amide bonds. The number of imidazole rings is 1. The molecule has 4 heteroatoms. The Morgan fingerprint density at radius 1 is 1.15 bits per heavy atom. The third kappa shape index (κ3) is 3.07. The topological polar surface area (TPSA) is 21.2 Å². The van der Waals surface area contributed by atoms with E-state index >= 15 is 0 Å². The molecular formula is C16H21N3S. The Morgan fingerprint density at radius 2 is 1.80 bits per heavy atom. The summed E-state index contributed by atoms with van der Waals surface area (Å²) in [6.07, 6.45) is 4.15. The summed E-state index contributed by atoms with van der Waals surface area (Å²) < 4.78 is 4.35. The van der Waals surface area contributed by atoms with Crippen LogP contribution in [0.15, 0.2) is 47.7 Å². The molecule has 0 fully saturated rings. The van der Waals surface area contributed by atoms with Crippen molar-refractivity contribution in [3.63, 3.8) is 0 Å². The molecule has 0 aliphatic rings. The molecule has 0 atom stereocenters. The van der Waals surface area contributed by atoms with Crippen molar-refractivity contribution in [2.45, 2.75) is 39.8 Å². The second-order valence-electron chi connectivity index (χ2n) is 5.38. The van der Waals surface area contributed by atoms with Crippen molar-refractivity contribution < 1.29 is 4.57 Å². The predicted molar refractivity (Wildman–Crippen MR) is 85.4 cm³/mol. The summed E-state index contributed by atoms with van der Waals surface area (Å²) in [5.41, 5.74) is 0.893. The van der Waals surface area contributed by atoms with E-state index in [1.165, 1.54) is 0 Å². The Morgan fingerprint density at radius 3 is 2.35 bits per heavy atom. The fourth-order valence-corrected chi connectivity index (χ4v) is 2.46. The molecule has 1 aromatic heterocycles. The lowest BCUT2D eigenvalue weighted by molar-refractivity contribution is -0.716. The van der Waals surface area contributed by atoms with Crippen LogP contribution in [-0.4, -0.2) is 9.61 Å². The lowest BCUT2D eigenvalue weighted by atomic mass is 10.3. The van der Waals surface area contributed by atoms with E-state index in [-0.39, 0.29) is 0 Å². The van der Waals surface area contributed by atoms with E-state index < -0.39 is 0 Å². The molecule has 0 unspecified atom stereocenters. The van der Waals surface area contributed by atoms with E-state index in [0.717, 1.165) is 11.5 Å². The maximum absolute atomic E-state index is 5.56. The van der Waals surface area contributed by atoms with Crippen molar-refractivity contribution in [1.82, 2.24) is 4.57 Å². The molecule has 0 bridgehead atoms. The SMILES string of the molecule is CC(C)n1cc[n+](C(C)C)c1C([S-])=Nc1ccccc1. The van der Waals surface area contributed by atoms with Gasteiger partial charge in [0.05, 0.1) is 17.8 Å². The van der Waals surface area contributed by atoms with Crippen LogP contribution in [-0.2, 0) is 12.6 Å². The number of hydrogen-bond acceptors (Lipinski definition) is 2. The van der Waals surface area contributed by atoms with E-state index in [9.17, 15) is 0 Å². The molecule has 2 rings (SSSR count). The molecule has 106 valence electrons. The van der Waals surface area contributed by atoms with E-state index in [4.69, 9.17) is 12.6 Å². The number of benzene rings is 1. The van der Waals surface area contributed by atoms with E-state index in [2.05, 4.69) is 54.2 Å². The van der Waals surface area contributed by atoms with Crippen LogP contribution in [0.25, 0.3) is 0 Å². The second-order valence-corrected chi connectivity index (χ2v) is 5.76. The normalized spacial score (nSPS) is 12.4. The molecule has 3 nitrogen and oxygen atoms in total. The maximum Gasteiger partial charge on any atom is 0.280 e. The van der Waals surface area contributed by atoms with E-state index in [1.54, 1.807) is 0 Å². The van der Waals surface area contributed by atoms with E-state index in [1.807, 2.05) is 30.3 Å². The molecule has 0 spiro atoms. The molecule has 0 N–H and O–H groups in total. The zero-order valence-corrected chi connectivity index (χ0v) is 13.3. The van der Waals surface area contributed by atoms with Gasteiger partial charge in [-0.15, -0.1) is 0 Å². The van der Waals surface area contributed by atoms with Crippen LogP contribution >= 0.6 is 0 Å². The van der Waals surface area contributed by atoms with Gasteiger partial charge in [-0.2, -0.15) is 0 Å². The number of rotatable bonds is 4. The first kappa shape index (κ1) is 14.7. The Kier molecular flexibility index (Phi) is 4.55. The molecular weight excluding hydrogens is 266 g/mol. The van der Waals surface area contributed by atoms with Gasteiger partial charge in [-0.05, 0) is 39.8 Å². The summed E-state index contributed by atoms with van der Waals surface area (Å²) in [6, 6.07) is 10.6. The van der Waals surface area contributed by atoms with Gasteiger partial charge < -0.3 is 12.6 Å². The first-order valence-corrected chi connectivity index (χ1v) is 7.34. The summed E-state index contributed by atoms with van der Waals surface area (Å²) in [5.74, 6) is 0.994. The van der Waals surface area contributed by atoms with Crippen LogP contribution in [0, 0.1) is 0 Å². The molecule has 0 saturated heterocycles. The minimum atomic E-state index is 0.355. The number of para-hydroxylation sites is 1. The summed E-state index contributed by atoms with van der Waals surface area (Å²) in [5, 5.41) is 0.628. The Balaban J connectivity index is 2.50. The lowest BCUT2D eigenvalue weighted by Crippen LogP contribution is -2.41. The minimum Gasteiger partial charge on any atom is -0.752 e. The highest BCUT2D eigenvalue weighted by molar-refractivity contribution is 7.78. The van der Waals surface area contributed by atoms with Gasteiger partial charge in [0.2, 0.25) is 0 Å². The average Bonchev–Trinajstić information content (AvgIpc) is 2.84. The first-order valence-electron chi connectivity index (χ1n) is 6.93. The smallest absolute Gasteiger partial charge is 0.280 e. The summed E-state index contributed by atoms with van der Waals surface area (Å²) in [7, 11) is 0. The summed E-state index contributed by atoms with van der Waals surface area (Å²) >= 11 is 5.56. The van der Waals surface area contributed by atoms with Crippen LogP contribution in [0.1, 0.15) is 45.6 Å². The van der Waals surface area contributed by atoms with Crippen LogP contribution in [0.3, 0.4) is 0 Å². The van der Waals surface area contributed by atoms with Gasteiger partial charge in [0.15, 0.2) is 0 Å². The predicted octanol–water partition coefficient (Wildman–Crippen LogP) is 3.56. The Hall–Kier alpha value is -1.68. The Labute approximate surface area is 126 Å². The van der Waals surface area contributed by atoms with Gasteiger partial charge >= 0.3 is 0 Å². The highest BCUT2D eigenvalue weighted by Gasteiger charge is 2.20. The van der Waals surface area contributed by atoms with Crippen molar-refractivity contribution in [1.29, 1.82) is 0 Å². The first-order chi connectivity index (χ1) is 9.50. The van der Waals surface area contributed by atoms with Gasteiger partial charge in [0.1, 0.15) is 12.4 Å². The van der Waals surface area contributed by atoms with Gasteiger partial charge in [-0.25, -0.2) is 9.13 Å². The highest BCUT2D eigenvalue weighted by atomic mass is 32.1. The molecule has 20 heavy (non-hydrogen) atoms. The number of aliphatic imine (C=N–C) groups is 1. The third-order valence-electron chi connectivity index (χ3n) is 3.17. The number of aromatic nitrogens is 2. The van der Waals surface area contributed by atoms with Gasteiger partial charge in [0.25, 0.3) is 5.82 Å². The fraction of sp³-hybridized carbons (Fsp3) is 0.375. The zero-order chi connectivity index (χ0) is 14.7. The molecule has 0 aliphatic heterocycles. The second kappa shape index (κ2) is 6.18. The maximum atomic E-state index is 5.56. The lowest BCUT2D eigenvalue weighted by Gasteiger charge is -2.14. The van der Waals surface area contributed by atoms with Gasteiger partial charge in [-0.1, -0.05) is 18.2 Å². The summed E-state index contributed by atoms with van der Waals surface area (Å²) in [4.78, 5) is 4.58. The number of nitrogens with zero attached hydrogens (tertiary/aromatic N) is 3. The van der Waals surface area contributed by atoms with Crippen molar-refractivity contribution in [2.75, 3.05) is 0 Å². The average molecular weight is 287 g/mol. The monoisotopic (exact) mass is 287 g/mol. The highest BCUT2D eigenvalue weighted by Crippen LogP contribution is 2.15. The molecule has 0 saturated carbocycles. The molecule has 0 aliphatic carbocycles. The minimum absolute atomic E-state index is 0.355. The fourth-order valence-electron chi connectivity index (χ4n) is 2.14. The van der Waals surface area contributed by atoms with Crippen molar-refractivity contribution in [3.05, 3.63) is 48.5 Å². The van der Waals surface area contributed by atoms with Crippen molar-refractivity contribution in [3.8, 4) is 0 Å². The van der Waals surface area contributed by atoms with Gasteiger partial charge in [0, 0.05) is 5.04 Å². The Bertz CT molecular complexity index is 572. The molecule has 2 aromatic rings. The van der Waals surface area contributed by atoms with Crippen LogP contribution < -0.4 is 4.57 Å². The molecule has 0 radical (unpaired) electrons. The number of hydrogen-bond donors (Lipinski definition) is 0. The van der Waals surface area contributed by atoms with E-state index in [0.29, 0.717) is 17.1 Å². The summed E-state index contributed by atoms with van der Waals surface area (Å²) in [6.45, 7) is 8.61. The molecule has 1 aromatic carbocycles. The van der Waals surface area contributed by atoms with Crippen molar-refractivity contribution >= 4 is 23.4 Å². The standard InChI is InChI=1S/C16H21N3S/c1-12(2)18-10-11-19(13(3)4)16(18)15(20)17-14-8-6-5-7-9-14/h5-13H,1-4H3. The molecule has 1 heterocycles. The van der Waals surface area contributed by atoms with Crippen LogP contribution in [0.2, 0.25) is 0 Å². The largest absolute Gasteiger partial charge is 0.752 e. The van der Waals surface area contributed by atoms with Gasteiger partial charge in [-0.3, -0.25) is 4.99 Å². The van der Waals surface area contributed by atoms with Crippen LogP contribution in [0.5, 0.6) is 0 Å². The third-order valence-corrected chi connectivity index (χ3v) is 3.44.